The average Bonchev–Trinajstić information content (AvgIpc) is 3.60. The smallest absolute Gasteiger partial charge is 0.0387 e. The molecule has 0 fully saturated rings. The van der Waals surface area contributed by atoms with Crippen LogP contribution in [0.5, 0.6) is 0 Å². The molecule has 1 nitrogen and oxygen atoms in total. The van der Waals surface area contributed by atoms with E-state index in [1.807, 2.05) is 0 Å². The Morgan fingerprint density at radius 3 is 1.16 bits per heavy atom. The van der Waals surface area contributed by atoms with E-state index in [1.165, 1.54) is 89.0 Å². The highest BCUT2D eigenvalue weighted by molar-refractivity contribution is 5.87. The summed E-state index contributed by atoms with van der Waals surface area (Å²) in [5.74, 6) is 0. The number of rotatable bonds is 6. The zero-order valence-electron chi connectivity index (χ0n) is 31.8. The average molecular weight is 706 g/mol. The van der Waals surface area contributed by atoms with Crippen LogP contribution in [-0.4, -0.2) is 0 Å². The van der Waals surface area contributed by atoms with E-state index in [0.29, 0.717) is 0 Å². The molecule has 8 aromatic carbocycles. The first kappa shape index (κ1) is 33.2. The Bertz CT molecular complexity index is 2730. The zero-order chi connectivity index (χ0) is 37.3. The summed E-state index contributed by atoms with van der Waals surface area (Å²) in [7, 11) is 0. The van der Waals surface area contributed by atoms with Crippen LogP contribution in [-0.2, 0) is 10.8 Å². The highest BCUT2D eigenvalue weighted by Crippen LogP contribution is 2.51. The van der Waals surface area contributed by atoms with Gasteiger partial charge < -0.3 is 5.32 Å². The number of hydrogen-bond donors (Lipinski definition) is 1. The number of anilines is 2. The van der Waals surface area contributed by atoms with Crippen LogP contribution >= 0.6 is 0 Å². The molecule has 2 aliphatic carbocycles. The van der Waals surface area contributed by atoms with Crippen molar-refractivity contribution in [2.24, 2.45) is 0 Å². The predicted molar refractivity (Wildman–Crippen MR) is 233 cm³/mol. The van der Waals surface area contributed by atoms with Crippen molar-refractivity contribution in [3.05, 3.63) is 204 Å². The molecule has 264 valence electrons. The standard InChI is InChI=1S/C54H43N/c1-53(2)49-13-9-8-12-45(49)46-29-24-42(32-50(46)53)40-22-26-43(27-23-40)55-44-28-31-48-47-30-25-41(33-51(47)54(3,4)52(48)34-44)39-20-18-38(19-21-39)37-16-14-36(15-17-37)35-10-6-5-7-11-35/h5-34,55H,1-4H3. The molecule has 1 heteroatoms. The highest BCUT2D eigenvalue weighted by atomic mass is 14.9. The van der Waals surface area contributed by atoms with E-state index >= 15 is 0 Å². The van der Waals surface area contributed by atoms with E-state index in [-0.39, 0.29) is 10.8 Å². The van der Waals surface area contributed by atoms with Gasteiger partial charge in [-0.3, -0.25) is 0 Å². The summed E-state index contributed by atoms with van der Waals surface area (Å²) in [5.41, 5.74) is 22.9. The van der Waals surface area contributed by atoms with Crippen LogP contribution in [0.4, 0.5) is 11.4 Å². The van der Waals surface area contributed by atoms with E-state index in [4.69, 9.17) is 0 Å². The molecule has 0 bridgehead atoms. The van der Waals surface area contributed by atoms with E-state index < -0.39 is 0 Å². The summed E-state index contributed by atoms with van der Waals surface area (Å²) < 4.78 is 0. The van der Waals surface area contributed by atoms with Crippen molar-refractivity contribution in [1.29, 1.82) is 0 Å². The van der Waals surface area contributed by atoms with Gasteiger partial charge in [-0.1, -0.05) is 173 Å². The fourth-order valence-corrected chi connectivity index (χ4v) is 9.13. The molecule has 2 aliphatic rings. The quantitative estimate of drug-likeness (QED) is 0.182. The SMILES string of the molecule is CC1(C)c2ccccc2-c2ccc(-c3ccc(Nc4ccc5c(c4)C(C)(C)c4cc(-c6ccc(-c7ccc(-c8ccccc8)cc7)cc6)ccc4-5)cc3)cc21. The Morgan fingerprint density at radius 1 is 0.273 bits per heavy atom. The van der Waals surface area contributed by atoms with Crippen molar-refractivity contribution in [2.45, 2.75) is 38.5 Å². The van der Waals surface area contributed by atoms with Crippen LogP contribution in [0.2, 0.25) is 0 Å². The van der Waals surface area contributed by atoms with E-state index in [9.17, 15) is 0 Å². The van der Waals surface area contributed by atoms with Gasteiger partial charge in [0.15, 0.2) is 0 Å². The molecular weight excluding hydrogens is 663 g/mol. The summed E-state index contributed by atoms with van der Waals surface area (Å²) in [4.78, 5) is 0. The fourth-order valence-electron chi connectivity index (χ4n) is 9.13. The molecule has 0 saturated carbocycles. The molecule has 0 atom stereocenters. The van der Waals surface area contributed by atoms with Gasteiger partial charge in [0.2, 0.25) is 0 Å². The van der Waals surface area contributed by atoms with Crippen LogP contribution < -0.4 is 5.32 Å². The summed E-state index contributed by atoms with van der Waals surface area (Å²) >= 11 is 0. The lowest BCUT2D eigenvalue weighted by atomic mass is 9.81. The Morgan fingerprint density at radius 2 is 0.618 bits per heavy atom. The van der Waals surface area contributed by atoms with Crippen LogP contribution in [0.15, 0.2) is 182 Å². The molecule has 0 amide bonds. The van der Waals surface area contributed by atoms with Crippen LogP contribution in [0.1, 0.15) is 49.9 Å². The summed E-state index contributed by atoms with van der Waals surface area (Å²) in [6, 6.07) is 67.0. The second-order valence-electron chi connectivity index (χ2n) is 16.3. The van der Waals surface area contributed by atoms with Crippen molar-refractivity contribution in [2.75, 3.05) is 5.32 Å². The lowest BCUT2D eigenvalue weighted by molar-refractivity contribution is 0.660. The van der Waals surface area contributed by atoms with E-state index in [0.717, 1.165) is 11.4 Å². The lowest BCUT2D eigenvalue weighted by Crippen LogP contribution is -2.15. The third-order valence-electron chi connectivity index (χ3n) is 12.3. The Balaban J connectivity index is 0.861. The molecule has 1 N–H and O–H groups in total. The van der Waals surface area contributed by atoms with Gasteiger partial charge in [0.1, 0.15) is 0 Å². The Labute approximate surface area is 325 Å². The molecule has 0 saturated heterocycles. The third kappa shape index (κ3) is 5.53. The molecule has 0 aliphatic heterocycles. The van der Waals surface area contributed by atoms with Gasteiger partial charge in [-0.2, -0.15) is 0 Å². The fraction of sp³-hybridized carbons (Fsp3) is 0.111. The second-order valence-corrected chi connectivity index (χ2v) is 16.3. The lowest BCUT2D eigenvalue weighted by Gasteiger charge is -2.23. The molecule has 0 unspecified atom stereocenters. The van der Waals surface area contributed by atoms with E-state index in [2.05, 4.69) is 215 Å². The van der Waals surface area contributed by atoms with Crippen LogP contribution in [0.3, 0.4) is 0 Å². The van der Waals surface area contributed by atoms with Crippen molar-refractivity contribution >= 4 is 11.4 Å². The number of nitrogens with one attached hydrogen (secondary N) is 1. The van der Waals surface area contributed by atoms with Crippen molar-refractivity contribution in [3.8, 4) is 66.8 Å². The zero-order valence-corrected chi connectivity index (χ0v) is 31.8. The first-order valence-corrected chi connectivity index (χ1v) is 19.4. The van der Waals surface area contributed by atoms with Gasteiger partial charge in [0.25, 0.3) is 0 Å². The molecule has 8 aromatic rings. The Kier molecular flexibility index (Phi) is 7.58. The maximum Gasteiger partial charge on any atom is 0.0387 e. The monoisotopic (exact) mass is 705 g/mol. The minimum atomic E-state index is -0.121. The highest BCUT2D eigenvalue weighted by Gasteiger charge is 2.36. The minimum Gasteiger partial charge on any atom is -0.356 e. The van der Waals surface area contributed by atoms with Gasteiger partial charge in [-0.25, -0.2) is 0 Å². The molecular formula is C54H43N. The predicted octanol–water partition coefficient (Wildman–Crippen LogP) is 14.7. The number of hydrogen-bond acceptors (Lipinski definition) is 1. The van der Waals surface area contributed by atoms with Crippen LogP contribution in [0, 0.1) is 0 Å². The summed E-state index contributed by atoms with van der Waals surface area (Å²) in [5, 5.41) is 3.71. The Hall–Kier alpha value is -6.44. The second kappa shape index (κ2) is 12.6. The van der Waals surface area contributed by atoms with Gasteiger partial charge in [0, 0.05) is 22.2 Å². The normalized spacial score (nSPS) is 14.1. The summed E-state index contributed by atoms with van der Waals surface area (Å²) in [6.07, 6.45) is 0. The molecule has 0 heterocycles. The molecule has 0 spiro atoms. The molecule has 0 aromatic heterocycles. The van der Waals surface area contributed by atoms with Crippen molar-refractivity contribution < 1.29 is 0 Å². The minimum absolute atomic E-state index is 0.00518. The van der Waals surface area contributed by atoms with E-state index in [1.54, 1.807) is 0 Å². The third-order valence-corrected chi connectivity index (χ3v) is 12.3. The molecule has 10 rings (SSSR count). The molecule has 55 heavy (non-hydrogen) atoms. The van der Waals surface area contributed by atoms with Gasteiger partial charge in [-0.15, -0.1) is 0 Å². The van der Waals surface area contributed by atoms with Gasteiger partial charge in [0.05, 0.1) is 0 Å². The first-order chi connectivity index (χ1) is 26.7. The maximum absolute atomic E-state index is 3.71. The topological polar surface area (TPSA) is 12.0 Å². The number of fused-ring (bicyclic) bond motifs is 6. The molecule has 0 radical (unpaired) electrons. The summed E-state index contributed by atoms with van der Waals surface area (Å²) in [6.45, 7) is 9.41. The largest absolute Gasteiger partial charge is 0.356 e. The number of benzene rings is 8. The maximum atomic E-state index is 3.71. The van der Waals surface area contributed by atoms with Gasteiger partial charge >= 0.3 is 0 Å². The first-order valence-electron chi connectivity index (χ1n) is 19.4. The van der Waals surface area contributed by atoms with Crippen molar-refractivity contribution in [3.63, 3.8) is 0 Å². The van der Waals surface area contributed by atoms with Gasteiger partial charge in [-0.05, 0) is 125 Å². The van der Waals surface area contributed by atoms with Crippen molar-refractivity contribution in [1.82, 2.24) is 0 Å². The van der Waals surface area contributed by atoms with Crippen LogP contribution in [0.25, 0.3) is 66.8 Å².